The molecule has 1 atom stereocenters. The van der Waals surface area contributed by atoms with Gasteiger partial charge in [0.25, 0.3) is 11.6 Å². The Hall–Kier alpha value is -3.89. The molecule has 2 aromatic carbocycles. The van der Waals surface area contributed by atoms with E-state index in [0.29, 0.717) is 4.90 Å². The molecule has 11 heteroatoms. The van der Waals surface area contributed by atoms with Crippen LogP contribution in [0.4, 0.5) is 19.3 Å². The average molecular weight is 404 g/mol. The second-order valence-electron chi connectivity index (χ2n) is 6.54. The SMILES string of the molecule is CC1(c2cc(F)ccc2F)NC(=O)N(Cc2ccc(C(N)=O)cc2[N+](=O)[O-])C1=O. The van der Waals surface area contributed by atoms with Crippen molar-refractivity contribution in [3.05, 3.63) is 74.8 Å². The molecule has 1 aliphatic rings. The first-order valence-corrected chi connectivity index (χ1v) is 8.21. The number of primary amides is 1. The van der Waals surface area contributed by atoms with Gasteiger partial charge in [0.15, 0.2) is 0 Å². The fraction of sp³-hybridized carbons (Fsp3) is 0.167. The summed E-state index contributed by atoms with van der Waals surface area (Å²) >= 11 is 0. The number of hydrogen-bond donors (Lipinski definition) is 2. The van der Waals surface area contributed by atoms with E-state index in [1.165, 1.54) is 19.1 Å². The van der Waals surface area contributed by atoms with Crippen LogP contribution < -0.4 is 11.1 Å². The summed E-state index contributed by atoms with van der Waals surface area (Å²) in [7, 11) is 0. The van der Waals surface area contributed by atoms with E-state index in [2.05, 4.69) is 5.32 Å². The predicted octanol–water partition coefficient (Wildman–Crippen LogP) is 1.94. The van der Waals surface area contributed by atoms with Crippen LogP contribution in [0, 0.1) is 21.7 Å². The Balaban J connectivity index is 1.99. The van der Waals surface area contributed by atoms with E-state index in [4.69, 9.17) is 5.73 Å². The number of nitro benzene ring substituents is 1. The van der Waals surface area contributed by atoms with Crippen LogP contribution in [0.3, 0.4) is 0 Å². The van der Waals surface area contributed by atoms with Gasteiger partial charge in [-0.1, -0.05) is 0 Å². The first-order valence-electron chi connectivity index (χ1n) is 8.21. The number of halogens is 2. The normalized spacial score (nSPS) is 18.7. The van der Waals surface area contributed by atoms with Crippen LogP contribution in [0.15, 0.2) is 36.4 Å². The van der Waals surface area contributed by atoms with E-state index in [0.717, 1.165) is 24.3 Å². The molecule has 3 N–H and O–H groups in total. The number of amides is 4. The molecule has 1 aliphatic heterocycles. The minimum Gasteiger partial charge on any atom is -0.366 e. The van der Waals surface area contributed by atoms with E-state index in [1.807, 2.05) is 0 Å². The van der Waals surface area contributed by atoms with Crippen molar-refractivity contribution in [2.45, 2.75) is 19.0 Å². The van der Waals surface area contributed by atoms with Crippen LogP contribution in [-0.2, 0) is 16.9 Å². The average Bonchev–Trinajstić information content (AvgIpc) is 2.87. The number of nitrogens with two attached hydrogens (primary N) is 1. The summed E-state index contributed by atoms with van der Waals surface area (Å²) in [5, 5.41) is 13.6. The highest BCUT2D eigenvalue weighted by Gasteiger charge is 2.50. The third kappa shape index (κ3) is 3.37. The van der Waals surface area contributed by atoms with Crippen LogP contribution in [-0.4, -0.2) is 27.7 Å². The zero-order chi connectivity index (χ0) is 21.5. The van der Waals surface area contributed by atoms with E-state index in [9.17, 15) is 33.3 Å². The highest BCUT2D eigenvalue weighted by atomic mass is 19.1. The lowest BCUT2D eigenvalue weighted by molar-refractivity contribution is -0.385. The van der Waals surface area contributed by atoms with Crippen LogP contribution in [0.5, 0.6) is 0 Å². The molecule has 1 unspecified atom stereocenters. The van der Waals surface area contributed by atoms with Crippen molar-refractivity contribution in [2.24, 2.45) is 5.73 Å². The molecular formula is C18H14F2N4O5. The molecule has 1 saturated heterocycles. The molecule has 150 valence electrons. The van der Waals surface area contributed by atoms with Crippen molar-refractivity contribution in [1.82, 2.24) is 10.2 Å². The van der Waals surface area contributed by atoms with E-state index < -0.39 is 52.2 Å². The number of urea groups is 1. The number of nitrogens with zero attached hydrogens (tertiary/aromatic N) is 2. The predicted molar refractivity (Wildman–Crippen MR) is 94.4 cm³/mol. The van der Waals surface area contributed by atoms with Gasteiger partial charge in [0.2, 0.25) is 5.91 Å². The second-order valence-corrected chi connectivity index (χ2v) is 6.54. The molecule has 0 radical (unpaired) electrons. The van der Waals surface area contributed by atoms with Crippen molar-refractivity contribution >= 4 is 23.5 Å². The van der Waals surface area contributed by atoms with E-state index in [1.54, 1.807) is 0 Å². The molecule has 0 saturated carbocycles. The summed E-state index contributed by atoms with van der Waals surface area (Å²) in [6.45, 7) is 0.683. The number of imide groups is 1. The van der Waals surface area contributed by atoms with Crippen molar-refractivity contribution in [1.29, 1.82) is 0 Å². The monoisotopic (exact) mass is 404 g/mol. The molecule has 29 heavy (non-hydrogen) atoms. The third-order valence-electron chi connectivity index (χ3n) is 4.64. The molecule has 1 heterocycles. The zero-order valence-electron chi connectivity index (χ0n) is 14.9. The van der Waals surface area contributed by atoms with Gasteiger partial charge >= 0.3 is 6.03 Å². The lowest BCUT2D eigenvalue weighted by atomic mass is 9.91. The summed E-state index contributed by atoms with van der Waals surface area (Å²) in [6.07, 6.45) is 0. The highest BCUT2D eigenvalue weighted by molar-refractivity contribution is 6.07. The molecule has 3 rings (SSSR count). The lowest BCUT2D eigenvalue weighted by Crippen LogP contribution is -2.41. The number of rotatable bonds is 5. The first-order chi connectivity index (χ1) is 13.5. The van der Waals surface area contributed by atoms with Crippen LogP contribution in [0.25, 0.3) is 0 Å². The maximum Gasteiger partial charge on any atom is 0.325 e. The number of benzene rings is 2. The Kier molecular flexibility index (Phi) is 4.74. The molecule has 9 nitrogen and oxygen atoms in total. The molecule has 0 aromatic heterocycles. The largest absolute Gasteiger partial charge is 0.366 e. The molecular weight excluding hydrogens is 390 g/mol. The lowest BCUT2D eigenvalue weighted by Gasteiger charge is -2.22. The number of nitrogens with one attached hydrogen (secondary N) is 1. The number of carbonyl (C=O) groups is 3. The van der Waals surface area contributed by atoms with Gasteiger partial charge in [-0.3, -0.25) is 24.6 Å². The van der Waals surface area contributed by atoms with Crippen LogP contribution in [0.1, 0.15) is 28.4 Å². The second kappa shape index (κ2) is 6.93. The Morgan fingerprint density at radius 2 is 1.93 bits per heavy atom. The van der Waals surface area contributed by atoms with Gasteiger partial charge in [0.1, 0.15) is 17.2 Å². The Labute approximate surface area is 162 Å². The van der Waals surface area contributed by atoms with Gasteiger partial charge < -0.3 is 11.1 Å². The quantitative estimate of drug-likeness (QED) is 0.446. The van der Waals surface area contributed by atoms with E-state index in [-0.39, 0.29) is 16.7 Å². The molecule has 0 bridgehead atoms. The third-order valence-corrected chi connectivity index (χ3v) is 4.64. The highest BCUT2D eigenvalue weighted by Crippen LogP contribution is 2.33. The van der Waals surface area contributed by atoms with Crippen molar-refractivity contribution in [3.63, 3.8) is 0 Å². The fourth-order valence-corrected chi connectivity index (χ4v) is 3.09. The van der Waals surface area contributed by atoms with Crippen LogP contribution in [0.2, 0.25) is 0 Å². The van der Waals surface area contributed by atoms with Gasteiger partial charge in [0.05, 0.1) is 11.5 Å². The summed E-state index contributed by atoms with van der Waals surface area (Å²) < 4.78 is 27.8. The van der Waals surface area contributed by atoms with Crippen LogP contribution >= 0.6 is 0 Å². The zero-order valence-corrected chi connectivity index (χ0v) is 14.9. The minimum atomic E-state index is -1.90. The van der Waals surface area contributed by atoms with Gasteiger partial charge in [-0.25, -0.2) is 13.6 Å². The fourth-order valence-electron chi connectivity index (χ4n) is 3.09. The summed E-state index contributed by atoms with van der Waals surface area (Å²) in [6, 6.07) is 4.89. The maximum absolute atomic E-state index is 14.2. The Bertz CT molecular complexity index is 1070. The number of hydrogen-bond acceptors (Lipinski definition) is 5. The van der Waals surface area contributed by atoms with Gasteiger partial charge in [0, 0.05) is 22.8 Å². The molecule has 0 spiro atoms. The number of carbonyl (C=O) groups excluding carboxylic acids is 3. The maximum atomic E-state index is 14.2. The van der Waals surface area contributed by atoms with Crippen molar-refractivity contribution < 1.29 is 28.1 Å². The number of nitro groups is 1. The standard InChI is InChI=1S/C18H14F2N4O5/c1-18(12-7-11(19)4-5-13(12)20)16(26)23(17(27)22-18)8-10-3-2-9(15(21)25)6-14(10)24(28)29/h2-7H,8H2,1H3,(H2,21,25)(H,22,27). The minimum absolute atomic E-state index is 0.0486. The Morgan fingerprint density at radius 3 is 2.55 bits per heavy atom. The first kappa shape index (κ1) is 19.9. The summed E-state index contributed by atoms with van der Waals surface area (Å²) in [5.74, 6) is -3.51. The topological polar surface area (TPSA) is 136 Å². The Morgan fingerprint density at radius 1 is 1.24 bits per heavy atom. The van der Waals surface area contributed by atoms with Crippen molar-refractivity contribution in [3.8, 4) is 0 Å². The molecule has 0 aliphatic carbocycles. The summed E-state index contributed by atoms with van der Waals surface area (Å²) in [5.41, 5.74) is 2.14. The van der Waals surface area contributed by atoms with Gasteiger partial charge in [-0.15, -0.1) is 0 Å². The van der Waals surface area contributed by atoms with Crippen molar-refractivity contribution in [2.75, 3.05) is 0 Å². The van der Waals surface area contributed by atoms with Gasteiger partial charge in [-0.2, -0.15) is 0 Å². The molecule has 1 fully saturated rings. The molecule has 2 aromatic rings. The van der Waals surface area contributed by atoms with E-state index >= 15 is 0 Å². The van der Waals surface area contributed by atoms with Gasteiger partial charge in [-0.05, 0) is 37.3 Å². The molecule has 4 amide bonds. The smallest absolute Gasteiger partial charge is 0.325 e. The summed E-state index contributed by atoms with van der Waals surface area (Å²) in [4.78, 5) is 47.7.